The monoisotopic (exact) mass is 426 g/mol. The Bertz CT molecular complexity index is 1080. The van der Waals surface area contributed by atoms with E-state index in [4.69, 9.17) is 0 Å². The van der Waals surface area contributed by atoms with Crippen LogP contribution in [0.25, 0.3) is 0 Å². The van der Waals surface area contributed by atoms with Gasteiger partial charge in [0.25, 0.3) is 11.6 Å². The van der Waals surface area contributed by atoms with Gasteiger partial charge in [0.1, 0.15) is 12.1 Å². The molecule has 0 radical (unpaired) electrons. The highest BCUT2D eigenvalue weighted by atomic mass is 16.6. The second-order valence-corrected chi connectivity index (χ2v) is 6.87. The molecule has 1 aliphatic heterocycles. The van der Waals surface area contributed by atoms with Crippen LogP contribution in [0, 0.1) is 10.1 Å². The number of imide groups is 1. The SMILES string of the molecule is COC(=O)c1cccc(NC(=O)CN2C(=O)NC(C)(c3ccc([N+](=O)[O-])cc3)C2=O)c1. The summed E-state index contributed by atoms with van der Waals surface area (Å²) in [6, 6.07) is 10.4. The molecule has 0 bridgehead atoms. The van der Waals surface area contributed by atoms with E-state index in [0.29, 0.717) is 5.56 Å². The number of methoxy groups -OCH3 is 1. The van der Waals surface area contributed by atoms with Crippen LogP contribution >= 0.6 is 0 Å². The number of amides is 4. The highest BCUT2D eigenvalue weighted by molar-refractivity contribution is 6.10. The minimum atomic E-state index is -1.47. The topological polar surface area (TPSA) is 148 Å². The molecule has 160 valence electrons. The van der Waals surface area contributed by atoms with E-state index < -0.39 is 40.8 Å². The van der Waals surface area contributed by atoms with Gasteiger partial charge in [0.15, 0.2) is 0 Å². The molecule has 0 aliphatic carbocycles. The molecular formula is C20H18N4O7. The first-order valence-corrected chi connectivity index (χ1v) is 9.03. The van der Waals surface area contributed by atoms with Crippen molar-refractivity contribution >= 4 is 35.2 Å². The van der Waals surface area contributed by atoms with Crippen molar-refractivity contribution in [3.8, 4) is 0 Å². The molecule has 0 aromatic heterocycles. The number of hydrogen-bond acceptors (Lipinski definition) is 7. The zero-order valence-corrected chi connectivity index (χ0v) is 16.6. The molecule has 4 amide bonds. The van der Waals surface area contributed by atoms with E-state index in [1.807, 2.05) is 0 Å². The Labute approximate surface area is 176 Å². The molecule has 1 saturated heterocycles. The molecule has 11 nitrogen and oxygen atoms in total. The standard InChI is InChI=1S/C20H18N4O7/c1-20(13-6-8-15(9-7-13)24(29)30)18(27)23(19(28)22-20)11-16(25)21-14-5-3-4-12(10-14)17(26)31-2/h3-10H,11H2,1-2H3,(H,21,25)(H,22,28). The third-order valence-corrected chi connectivity index (χ3v) is 4.80. The van der Waals surface area contributed by atoms with Gasteiger partial charge in [0, 0.05) is 17.8 Å². The molecule has 2 aromatic rings. The second kappa shape index (κ2) is 8.22. The summed E-state index contributed by atoms with van der Waals surface area (Å²) in [7, 11) is 1.23. The summed E-state index contributed by atoms with van der Waals surface area (Å²) in [4.78, 5) is 60.3. The van der Waals surface area contributed by atoms with Crippen molar-refractivity contribution in [3.05, 3.63) is 69.8 Å². The quantitative estimate of drug-likeness (QED) is 0.310. The molecule has 2 N–H and O–H groups in total. The number of nitro groups is 1. The van der Waals surface area contributed by atoms with Crippen LogP contribution in [0.15, 0.2) is 48.5 Å². The first kappa shape index (κ1) is 21.4. The maximum atomic E-state index is 12.9. The van der Waals surface area contributed by atoms with Gasteiger partial charge in [-0.15, -0.1) is 0 Å². The van der Waals surface area contributed by atoms with Crippen molar-refractivity contribution in [2.75, 3.05) is 19.0 Å². The predicted octanol–water partition coefficient (Wildman–Crippen LogP) is 1.79. The third kappa shape index (κ3) is 4.20. The lowest BCUT2D eigenvalue weighted by Crippen LogP contribution is -2.42. The molecule has 1 heterocycles. The van der Waals surface area contributed by atoms with E-state index in [1.54, 1.807) is 6.07 Å². The highest BCUT2D eigenvalue weighted by Gasteiger charge is 2.49. The first-order chi connectivity index (χ1) is 14.7. The van der Waals surface area contributed by atoms with Crippen LogP contribution in [0.1, 0.15) is 22.8 Å². The fraction of sp³-hybridized carbons (Fsp3) is 0.200. The Kier molecular flexibility index (Phi) is 5.68. The lowest BCUT2D eigenvalue weighted by Gasteiger charge is -2.22. The van der Waals surface area contributed by atoms with Crippen molar-refractivity contribution in [1.29, 1.82) is 0 Å². The first-order valence-electron chi connectivity index (χ1n) is 9.03. The number of hydrogen-bond donors (Lipinski definition) is 2. The van der Waals surface area contributed by atoms with E-state index in [0.717, 1.165) is 4.90 Å². The molecule has 2 aromatic carbocycles. The Balaban J connectivity index is 1.73. The molecule has 31 heavy (non-hydrogen) atoms. The summed E-state index contributed by atoms with van der Waals surface area (Å²) in [6.45, 7) is 0.891. The van der Waals surface area contributed by atoms with Crippen LogP contribution in [0.5, 0.6) is 0 Å². The van der Waals surface area contributed by atoms with E-state index in [9.17, 15) is 29.3 Å². The summed E-state index contributed by atoms with van der Waals surface area (Å²) < 4.78 is 4.62. The number of nitro benzene ring substituents is 1. The minimum absolute atomic E-state index is 0.158. The van der Waals surface area contributed by atoms with Gasteiger partial charge >= 0.3 is 12.0 Å². The average Bonchev–Trinajstić information content (AvgIpc) is 2.97. The zero-order chi connectivity index (χ0) is 22.8. The fourth-order valence-corrected chi connectivity index (χ4v) is 3.14. The Morgan fingerprint density at radius 1 is 1.19 bits per heavy atom. The molecule has 1 aliphatic rings. The van der Waals surface area contributed by atoms with Crippen LogP contribution < -0.4 is 10.6 Å². The van der Waals surface area contributed by atoms with Crippen LogP contribution in [-0.2, 0) is 19.9 Å². The van der Waals surface area contributed by atoms with Crippen molar-refractivity contribution in [2.24, 2.45) is 0 Å². The van der Waals surface area contributed by atoms with Crippen molar-refractivity contribution < 1.29 is 28.8 Å². The van der Waals surface area contributed by atoms with E-state index >= 15 is 0 Å². The van der Waals surface area contributed by atoms with Gasteiger partial charge in [-0.25, -0.2) is 9.59 Å². The molecule has 1 fully saturated rings. The molecule has 0 spiro atoms. The Hall–Kier alpha value is -4.28. The van der Waals surface area contributed by atoms with Crippen molar-refractivity contribution in [2.45, 2.75) is 12.5 Å². The summed E-state index contributed by atoms with van der Waals surface area (Å²) in [5, 5.41) is 15.9. The Morgan fingerprint density at radius 3 is 2.48 bits per heavy atom. The number of rotatable bonds is 6. The largest absolute Gasteiger partial charge is 0.465 e. The second-order valence-electron chi connectivity index (χ2n) is 6.87. The van der Waals surface area contributed by atoms with Crippen LogP contribution in [-0.4, -0.2) is 47.3 Å². The van der Waals surface area contributed by atoms with Crippen molar-refractivity contribution in [3.63, 3.8) is 0 Å². The maximum Gasteiger partial charge on any atom is 0.337 e. The summed E-state index contributed by atoms with van der Waals surface area (Å²) >= 11 is 0. The van der Waals surface area contributed by atoms with E-state index in [-0.39, 0.29) is 16.9 Å². The van der Waals surface area contributed by atoms with Crippen molar-refractivity contribution in [1.82, 2.24) is 10.2 Å². The maximum absolute atomic E-state index is 12.9. The van der Waals surface area contributed by atoms with E-state index in [1.165, 1.54) is 56.5 Å². The van der Waals surface area contributed by atoms with E-state index in [2.05, 4.69) is 15.4 Å². The number of carbonyl (C=O) groups is 4. The number of nitrogens with zero attached hydrogens (tertiary/aromatic N) is 2. The lowest BCUT2D eigenvalue weighted by molar-refractivity contribution is -0.384. The van der Waals surface area contributed by atoms with Crippen LogP contribution in [0.2, 0.25) is 0 Å². The molecule has 3 rings (SSSR count). The minimum Gasteiger partial charge on any atom is -0.465 e. The average molecular weight is 426 g/mol. The Morgan fingerprint density at radius 2 is 1.87 bits per heavy atom. The number of urea groups is 1. The van der Waals surface area contributed by atoms with Gasteiger partial charge in [-0.2, -0.15) is 0 Å². The van der Waals surface area contributed by atoms with Crippen LogP contribution in [0.4, 0.5) is 16.2 Å². The molecule has 0 saturated carbocycles. The number of benzene rings is 2. The molecule has 11 heteroatoms. The number of esters is 1. The van der Waals surface area contributed by atoms with Gasteiger partial charge in [0.2, 0.25) is 5.91 Å². The van der Waals surface area contributed by atoms with Gasteiger partial charge in [0.05, 0.1) is 17.6 Å². The molecule has 1 unspecified atom stereocenters. The number of anilines is 1. The number of carbonyl (C=O) groups excluding carboxylic acids is 4. The third-order valence-electron chi connectivity index (χ3n) is 4.80. The fourth-order valence-electron chi connectivity index (χ4n) is 3.14. The van der Waals surface area contributed by atoms with Gasteiger partial charge in [-0.1, -0.05) is 6.07 Å². The normalized spacial score (nSPS) is 17.8. The predicted molar refractivity (Wildman–Crippen MR) is 107 cm³/mol. The molecule has 1 atom stereocenters. The zero-order valence-electron chi connectivity index (χ0n) is 16.6. The summed E-state index contributed by atoms with van der Waals surface area (Å²) in [5.41, 5.74) is -0.782. The number of non-ortho nitro benzene ring substituents is 1. The number of nitrogens with one attached hydrogen (secondary N) is 2. The summed E-state index contributed by atoms with van der Waals surface area (Å²) in [5.74, 6) is -1.91. The van der Waals surface area contributed by atoms with Gasteiger partial charge in [-0.3, -0.25) is 24.6 Å². The van der Waals surface area contributed by atoms with Gasteiger partial charge < -0.3 is 15.4 Å². The van der Waals surface area contributed by atoms with Crippen LogP contribution in [0.3, 0.4) is 0 Å². The van der Waals surface area contributed by atoms with Gasteiger partial charge in [-0.05, 0) is 42.8 Å². The summed E-state index contributed by atoms with van der Waals surface area (Å²) in [6.07, 6.45) is 0. The smallest absolute Gasteiger partial charge is 0.337 e. The molecular weight excluding hydrogens is 408 g/mol. The highest BCUT2D eigenvalue weighted by Crippen LogP contribution is 2.30. The number of ether oxygens (including phenoxy) is 1. The lowest BCUT2D eigenvalue weighted by atomic mass is 9.92.